The summed E-state index contributed by atoms with van der Waals surface area (Å²) in [7, 11) is 0. The van der Waals surface area contributed by atoms with E-state index in [1.54, 1.807) is 6.08 Å². The molecule has 2 saturated carbocycles. The molecule has 0 radical (unpaired) electrons. The maximum absolute atomic E-state index is 11.8. The number of carboxylic acid groups (broad SMARTS) is 1. The predicted molar refractivity (Wildman–Crippen MR) is 73.0 cm³/mol. The van der Waals surface area contributed by atoms with Gasteiger partial charge >= 0.3 is 5.97 Å². The van der Waals surface area contributed by atoms with Crippen molar-refractivity contribution in [3.05, 3.63) is 38.0 Å². The summed E-state index contributed by atoms with van der Waals surface area (Å²) in [6, 6.07) is 0. The first-order chi connectivity index (χ1) is 8.58. The Morgan fingerprint density at radius 3 is 2.33 bits per heavy atom. The number of hydrogen-bond donors (Lipinski definition) is 1. The van der Waals surface area contributed by atoms with Gasteiger partial charge < -0.3 is 5.11 Å². The van der Waals surface area contributed by atoms with Crippen LogP contribution in [0.5, 0.6) is 0 Å². The Kier molecular flexibility index (Phi) is 3.22. The largest absolute Gasteiger partial charge is 0.481 e. The first kappa shape index (κ1) is 13.1. The molecule has 18 heavy (non-hydrogen) atoms. The van der Waals surface area contributed by atoms with Crippen LogP contribution in [0.25, 0.3) is 0 Å². The fourth-order valence-corrected chi connectivity index (χ4v) is 4.62. The lowest BCUT2D eigenvalue weighted by Crippen LogP contribution is -2.60. The van der Waals surface area contributed by atoms with Crippen molar-refractivity contribution in [2.24, 2.45) is 35.0 Å². The summed E-state index contributed by atoms with van der Waals surface area (Å²) in [6.45, 7) is 13.7. The summed E-state index contributed by atoms with van der Waals surface area (Å²) in [5.41, 5.74) is -0.754. The van der Waals surface area contributed by atoms with E-state index in [0.717, 1.165) is 12.8 Å². The van der Waals surface area contributed by atoms with Gasteiger partial charge in [-0.25, -0.2) is 0 Å². The van der Waals surface area contributed by atoms with E-state index < -0.39 is 11.4 Å². The molecule has 1 N–H and O–H groups in total. The molecule has 0 aromatic carbocycles. The maximum atomic E-state index is 11.8. The van der Waals surface area contributed by atoms with E-state index in [9.17, 15) is 9.90 Å². The Hall–Kier alpha value is -1.31. The average Bonchev–Trinajstić information content (AvgIpc) is 2.66. The van der Waals surface area contributed by atoms with Gasteiger partial charge in [-0.3, -0.25) is 4.79 Å². The summed E-state index contributed by atoms with van der Waals surface area (Å²) < 4.78 is 0. The summed E-state index contributed by atoms with van der Waals surface area (Å²) in [6.07, 6.45) is 7.47. The van der Waals surface area contributed by atoms with E-state index in [-0.39, 0.29) is 17.8 Å². The second-order valence-electron chi connectivity index (χ2n) is 5.59. The molecule has 6 atom stereocenters. The highest BCUT2D eigenvalue weighted by Crippen LogP contribution is 2.69. The normalized spacial score (nSPS) is 45.7. The topological polar surface area (TPSA) is 37.3 Å². The second kappa shape index (κ2) is 4.42. The van der Waals surface area contributed by atoms with Crippen molar-refractivity contribution in [3.63, 3.8) is 0 Å². The molecule has 0 heterocycles. The van der Waals surface area contributed by atoms with Gasteiger partial charge in [0.1, 0.15) is 0 Å². The van der Waals surface area contributed by atoms with Gasteiger partial charge in [0.05, 0.1) is 5.41 Å². The van der Waals surface area contributed by atoms with E-state index in [0.29, 0.717) is 11.8 Å². The number of allylic oxidation sites excluding steroid dienone is 2. The molecule has 98 valence electrons. The van der Waals surface area contributed by atoms with E-state index in [1.165, 1.54) is 0 Å². The van der Waals surface area contributed by atoms with Crippen molar-refractivity contribution in [2.75, 3.05) is 0 Å². The van der Waals surface area contributed by atoms with Gasteiger partial charge in [-0.2, -0.15) is 0 Å². The molecule has 2 aliphatic carbocycles. The molecule has 2 nitrogen and oxygen atoms in total. The van der Waals surface area contributed by atoms with Gasteiger partial charge in [0.25, 0.3) is 0 Å². The van der Waals surface area contributed by atoms with E-state index in [1.807, 2.05) is 12.2 Å². The Morgan fingerprint density at radius 1 is 1.33 bits per heavy atom. The van der Waals surface area contributed by atoms with E-state index in [4.69, 9.17) is 0 Å². The smallest absolute Gasteiger partial charge is 0.314 e. The van der Waals surface area contributed by atoms with Crippen LogP contribution in [-0.2, 0) is 4.79 Å². The van der Waals surface area contributed by atoms with Crippen LogP contribution in [0, 0.1) is 35.0 Å². The minimum atomic E-state index is -0.754. The molecule has 2 fully saturated rings. The minimum absolute atomic E-state index is 0.151. The van der Waals surface area contributed by atoms with Crippen LogP contribution in [0.2, 0.25) is 0 Å². The third-order valence-electron chi connectivity index (χ3n) is 5.30. The van der Waals surface area contributed by atoms with Gasteiger partial charge in [0.15, 0.2) is 0 Å². The molecular formula is C16H22O2. The molecule has 0 amide bonds. The van der Waals surface area contributed by atoms with Crippen LogP contribution < -0.4 is 0 Å². The van der Waals surface area contributed by atoms with Gasteiger partial charge in [-0.15, -0.1) is 19.7 Å². The fourth-order valence-electron chi connectivity index (χ4n) is 4.62. The summed E-state index contributed by atoms with van der Waals surface area (Å²) >= 11 is 0. The SMILES string of the molecule is C=C[C@@H]1C[C@H](C=C)[C@@H]2[C@H]1[C@@H](CC)[C@]2(C=C)C(=O)O. The second-order valence-corrected chi connectivity index (χ2v) is 5.59. The van der Waals surface area contributed by atoms with Crippen molar-refractivity contribution in [1.29, 1.82) is 0 Å². The van der Waals surface area contributed by atoms with Crippen molar-refractivity contribution in [1.82, 2.24) is 0 Å². The molecule has 2 heteroatoms. The molecule has 0 saturated heterocycles. The van der Waals surface area contributed by atoms with Gasteiger partial charge in [0, 0.05) is 0 Å². The lowest BCUT2D eigenvalue weighted by atomic mass is 9.44. The van der Waals surface area contributed by atoms with Crippen LogP contribution in [-0.4, -0.2) is 11.1 Å². The van der Waals surface area contributed by atoms with Gasteiger partial charge in [-0.1, -0.05) is 31.6 Å². The highest BCUT2D eigenvalue weighted by Gasteiger charge is 2.69. The van der Waals surface area contributed by atoms with Crippen molar-refractivity contribution >= 4 is 5.97 Å². The number of hydrogen-bond acceptors (Lipinski definition) is 1. The third-order valence-corrected chi connectivity index (χ3v) is 5.30. The van der Waals surface area contributed by atoms with E-state index in [2.05, 4.69) is 26.7 Å². The Bertz CT molecular complexity index is 398. The van der Waals surface area contributed by atoms with Crippen molar-refractivity contribution < 1.29 is 9.90 Å². The maximum Gasteiger partial charge on any atom is 0.314 e. The van der Waals surface area contributed by atoms with Crippen LogP contribution in [0.3, 0.4) is 0 Å². The van der Waals surface area contributed by atoms with Crippen LogP contribution in [0.15, 0.2) is 38.0 Å². The monoisotopic (exact) mass is 246 g/mol. The Balaban J connectivity index is 2.45. The highest BCUT2D eigenvalue weighted by atomic mass is 16.4. The summed E-state index contributed by atoms with van der Waals surface area (Å²) in [4.78, 5) is 11.8. The van der Waals surface area contributed by atoms with Crippen LogP contribution in [0.1, 0.15) is 19.8 Å². The zero-order valence-corrected chi connectivity index (χ0v) is 11.0. The molecule has 0 bridgehead atoms. The Morgan fingerprint density at radius 2 is 1.94 bits per heavy atom. The predicted octanol–water partition coefficient (Wildman–Crippen LogP) is 3.52. The zero-order chi connectivity index (χ0) is 13.5. The summed E-state index contributed by atoms with van der Waals surface area (Å²) in [5.74, 6) is 0.750. The first-order valence-corrected chi connectivity index (χ1v) is 6.70. The molecule has 0 aliphatic heterocycles. The lowest BCUT2D eigenvalue weighted by molar-refractivity contribution is -0.176. The first-order valence-electron chi connectivity index (χ1n) is 6.70. The molecule has 2 rings (SSSR count). The van der Waals surface area contributed by atoms with Gasteiger partial charge in [-0.05, 0) is 36.0 Å². The number of aliphatic carboxylic acids is 1. The fraction of sp³-hybridized carbons (Fsp3) is 0.562. The average molecular weight is 246 g/mol. The van der Waals surface area contributed by atoms with Gasteiger partial charge in [0.2, 0.25) is 0 Å². The molecule has 0 unspecified atom stereocenters. The lowest BCUT2D eigenvalue weighted by Gasteiger charge is -2.57. The minimum Gasteiger partial charge on any atom is -0.481 e. The number of fused-ring (bicyclic) bond motifs is 1. The summed E-state index contributed by atoms with van der Waals surface area (Å²) in [5, 5.41) is 9.67. The molecule has 0 aromatic rings. The number of carbonyl (C=O) groups is 1. The zero-order valence-electron chi connectivity index (χ0n) is 11.0. The molecule has 0 aromatic heterocycles. The van der Waals surface area contributed by atoms with Crippen molar-refractivity contribution in [3.8, 4) is 0 Å². The number of carboxylic acids is 1. The number of rotatable bonds is 5. The van der Waals surface area contributed by atoms with Crippen LogP contribution >= 0.6 is 0 Å². The van der Waals surface area contributed by atoms with E-state index >= 15 is 0 Å². The standard InChI is InChI=1S/C16H22O2/c1-5-10-9-11(6-2)14-13(10)12(7-3)16(14,8-4)15(17)18/h5-6,8,10-14H,1-2,4,7,9H2,3H3,(H,17,18)/t10-,11+,12-,13-,14-,16+/m1/s1. The molecule has 2 aliphatic rings. The quantitative estimate of drug-likeness (QED) is 0.753. The Labute approximate surface area is 109 Å². The molecular weight excluding hydrogens is 224 g/mol. The third kappa shape index (κ3) is 1.32. The van der Waals surface area contributed by atoms with Crippen molar-refractivity contribution in [2.45, 2.75) is 19.8 Å². The molecule has 0 spiro atoms. The van der Waals surface area contributed by atoms with Crippen LogP contribution in [0.4, 0.5) is 0 Å². The highest BCUT2D eigenvalue weighted by molar-refractivity contribution is 5.80.